The van der Waals surface area contributed by atoms with Crippen molar-refractivity contribution < 1.29 is 28.6 Å². The normalized spacial score (nSPS) is 12.1. The largest absolute Gasteiger partial charge is 0.454 e. The van der Waals surface area contributed by atoms with Gasteiger partial charge in [0.15, 0.2) is 11.5 Å². The van der Waals surface area contributed by atoms with Gasteiger partial charge in [-0.25, -0.2) is 10.2 Å². The number of hydrazone groups is 1. The monoisotopic (exact) mass is 576 g/mol. The molecule has 10 nitrogen and oxygen atoms in total. The van der Waals surface area contributed by atoms with Gasteiger partial charge in [0.05, 0.1) is 11.8 Å². The van der Waals surface area contributed by atoms with Crippen LogP contribution in [0.2, 0.25) is 0 Å². The molecular weight excluding hydrogens is 548 g/mol. The van der Waals surface area contributed by atoms with E-state index in [4.69, 9.17) is 14.2 Å². The number of carbonyl (C=O) groups excluding carboxylic acids is 3. The Labute approximate surface area is 248 Å². The average Bonchev–Trinajstić information content (AvgIpc) is 3.50. The molecule has 0 unspecified atom stereocenters. The highest BCUT2D eigenvalue weighted by Gasteiger charge is 2.18. The summed E-state index contributed by atoms with van der Waals surface area (Å²) in [5, 5.41) is 6.72. The number of hydrogen-bond donors (Lipinski definition) is 2. The number of ether oxygens (including phenoxy) is 3. The van der Waals surface area contributed by atoms with Crippen molar-refractivity contribution in [2.24, 2.45) is 5.10 Å². The number of nitrogens with one attached hydrogen (secondary N) is 2. The first-order chi connectivity index (χ1) is 20.9. The molecule has 0 saturated carbocycles. The molecule has 4 aromatic carbocycles. The summed E-state index contributed by atoms with van der Waals surface area (Å²) in [6.07, 6.45) is 3.01. The maximum Gasteiger partial charge on any atom is 0.343 e. The third-order valence-corrected chi connectivity index (χ3v) is 6.33. The van der Waals surface area contributed by atoms with Gasteiger partial charge in [-0.3, -0.25) is 9.59 Å². The van der Waals surface area contributed by atoms with E-state index in [-0.39, 0.29) is 12.5 Å². The summed E-state index contributed by atoms with van der Waals surface area (Å²) in [5.74, 6) is -0.179. The third-order valence-electron chi connectivity index (χ3n) is 6.33. The zero-order valence-electron chi connectivity index (χ0n) is 23.4. The number of fused-ring (bicyclic) bond motifs is 1. The predicted molar refractivity (Wildman–Crippen MR) is 162 cm³/mol. The average molecular weight is 577 g/mol. The second-order valence-corrected chi connectivity index (χ2v) is 9.59. The number of hydrogen-bond acceptors (Lipinski definition) is 8. The van der Waals surface area contributed by atoms with Gasteiger partial charge in [0.2, 0.25) is 6.79 Å². The molecule has 0 aromatic heterocycles. The third kappa shape index (κ3) is 7.44. The quantitative estimate of drug-likeness (QED) is 0.0981. The molecule has 5 rings (SSSR count). The molecule has 0 atom stereocenters. The number of rotatable bonds is 9. The van der Waals surface area contributed by atoms with E-state index in [1.54, 1.807) is 78.9 Å². The van der Waals surface area contributed by atoms with Crippen molar-refractivity contribution in [3.8, 4) is 17.2 Å². The van der Waals surface area contributed by atoms with Crippen LogP contribution in [-0.2, 0) is 4.79 Å². The molecule has 4 aromatic rings. The van der Waals surface area contributed by atoms with E-state index < -0.39 is 17.8 Å². The summed E-state index contributed by atoms with van der Waals surface area (Å²) in [7, 11) is 3.87. The SMILES string of the molecule is CN(C)c1ccc(C=C(NC(=O)c2ccccc2)C(=O)NN=Cc2ccc(OC(=O)c3ccc4c(c3)OCO4)cc2)cc1. The number of anilines is 1. The lowest BCUT2D eigenvalue weighted by molar-refractivity contribution is -0.117. The molecule has 0 fully saturated rings. The maximum atomic E-state index is 13.1. The summed E-state index contributed by atoms with van der Waals surface area (Å²) in [6.45, 7) is 0.113. The summed E-state index contributed by atoms with van der Waals surface area (Å²) in [5.41, 5.74) is 5.58. The van der Waals surface area contributed by atoms with E-state index in [1.165, 1.54) is 6.21 Å². The Morgan fingerprint density at radius 3 is 2.23 bits per heavy atom. The lowest BCUT2D eigenvalue weighted by atomic mass is 10.1. The number of amides is 2. The number of nitrogens with zero attached hydrogens (tertiary/aromatic N) is 2. The predicted octanol–water partition coefficient (Wildman–Crippen LogP) is 4.62. The van der Waals surface area contributed by atoms with Gasteiger partial charge in [-0.15, -0.1) is 0 Å². The zero-order valence-corrected chi connectivity index (χ0v) is 23.4. The number of benzene rings is 4. The summed E-state index contributed by atoms with van der Waals surface area (Å²) < 4.78 is 16.0. The minimum atomic E-state index is -0.605. The first-order valence-corrected chi connectivity index (χ1v) is 13.3. The van der Waals surface area contributed by atoms with Crippen LogP contribution in [0.15, 0.2) is 108 Å². The van der Waals surface area contributed by atoms with Gasteiger partial charge < -0.3 is 24.4 Å². The van der Waals surface area contributed by atoms with Crippen LogP contribution in [0.1, 0.15) is 31.8 Å². The molecule has 0 aliphatic carbocycles. The lowest BCUT2D eigenvalue weighted by Crippen LogP contribution is -2.32. The van der Waals surface area contributed by atoms with Crippen LogP contribution < -0.4 is 29.9 Å². The molecule has 0 saturated heterocycles. The highest BCUT2D eigenvalue weighted by Crippen LogP contribution is 2.32. The maximum absolute atomic E-state index is 13.1. The fourth-order valence-corrected chi connectivity index (χ4v) is 4.01. The Kier molecular flexibility index (Phi) is 8.77. The second-order valence-electron chi connectivity index (χ2n) is 9.59. The zero-order chi connectivity index (χ0) is 30.2. The van der Waals surface area contributed by atoms with Crippen molar-refractivity contribution >= 4 is 35.8 Å². The van der Waals surface area contributed by atoms with Crippen LogP contribution in [-0.4, -0.2) is 44.9 Å². The second kappa shape index (κ2) is 13.2. The van der Waals surface area contributed by atoms with Crippen LogP contribution in [0, 0.1) is 0 Å². The van der Waals surface area contributed by atoms with Crippen molar-refractivity contribution in [1.82, 2.24) is 10.7 Å². The minimum absolute atomic E-state index is 0.0226. The molecule has 0 radical (unpaired) electrons. The van der Waals surface area contributed by atoms with Crippen molar-refractivity contribution in [3.05, 3.63) is 125 Å². The Bertz CT molecular complexity index is 1680. The molecule has 1 aliphatic rings. The highest BCUT2D eigenvalue weighted by molar-refractivity contribution is 6.05. The topological polar surface area (TPSA) is 119 Å². The van der Waals surface area contributed by atoms with Gasteiger partial charge in [-0.2, -0.15) is 5.10 Å². The summed E-state index contributed by atoms with van der Waals surface area (Å²) >= 11 is 0. The van der Waals surface area contributed by atoms with Crippen LogP contribution in [0.3, 0.4) is 0 Å². The minimum Gasteiger partial charge on any atom is -0.454 e. The fourth-order valence-electron chi connectivity index (χ4n) is 4.01. The van der Waals surface area contributed by atoms with E-state index in [2.05, 4.69) is 15.8 Å². The summed E-state index contributed by atoms with van der Waals surface area (Å²) in [4.78, 5) is 40.4. The number of esters is 1. The lowest BCUT2D eigenvalue weighted by Gasteiger charge is -2.12. The molecule has 216 valence electrons. The summed E-state index contributed by atoms with van der Waals surface area (Å²) in [6, 6.07) is 27.5. The van der Waals surface area contributed by atoms with Crippen LogP contribution in [0.25, 0.3) is 6.08 Å². The smallest absolute Gasteiger partial charge is 0.343 e. The molecule has 0 bridgehead atoms. The van der Waals surface area contributed by atoms with Crippen LogP contribution in [0.5, 0.6) is 17.2 Å². The van der Waals surface area contributed by atoms with Gasteiger partial charge in [0.25, 0.3) is 11.8 Å². The molecule has 1 heterocycles. The van der Waals surface area contributed by atoms with Gasteiger partial charge in [0, 0.05) is 25.3 Å². The van der Waals surface area contributed by atoms with Crippen LogP contribution in [0.4, 0.5) is 5.69 Å². The van der Waals surface area contributed by atoms with Gasteiger partial charge in [-0.1, -0.05) is 30.3 Å². The standard InChI is InChI=1S/C33H28N4O6/c1-37(2)26-13-8-22(9-14-26)18-28(35-31(38)24-6-4-3-5-7-24)32(39)36-34-20-23-10-15-27(16-11-23)43-33(40)25-12-17-29-30(19-25)42-21-41-29/h3-20H,21H2,1-2H3,(H,35,38)(H,36,39). The molecular formula is C33H28N4O6. The Morgan fingerprint density at radius 2 is 1.51 bits per heavy atom. The van der Waals surface area contributed by atoms with E-state index >= 15 is 0 Å². The van der Waals surface area contributed by atoms with Crippen molar-refractivity contribution in [3.63, 3.8) is 0 Å². The molecule has 2 N–H and O–H groups in total. The molecule has 1 aliphatic heterocycles. The number of carbonyl (C=O) groups is 3. The van der Waals surface area contributed by atoms with Crippen molar-refractivity contribution in [1.29, 1.82) is 0 Å². The molecule has 0 spiro atoms. The Balaban J connectivity index is 1.23. The Hall–Kier alpha value is -5.90. The van der Waals surface area contributed by atoms with E-state index in [0.717, 1.165) is 11.3 Å². The van der Waals surface area contributed by atoms with Crippen molar-refractivity contribution in [2.45, 2.75) is 0 Å². The first kappa shape index (κ1) is 28.6. The molecule has 43 heavy (non-hydrogen) atoms. The van der Waals surface area contributed by atoms with E-state index in [1.807, 2.05) is 43.3 Å². The van der Waals surface area contributed by atoms with E-state index in [0.29, 0.717) is 33.9 Å². The van der Waals surface area contributed by atoms with Gasteiger partial charge in [-0.05, 0) is 83.9 Å². The van der Waals surface area contributed by atoms with Gasteiger partial charge in [0.1, 0.15) is 11.4 Å². The van der Waals surface area contributed by atoms with E-state index in [9.17, 15) is 14.4 Å². The molecule has 10 heteroatoms. The Morgan fingerprint density at radius 1 is 0.814 bits per heavy atom. The highest BCUT2D eigenvalue weighted by atomic mass is 16.7. The first-order valence-electron chi connectivity index (χ1n) is 13.3. The van der Waals surface area contributed by atoms with Crippen molar-refractivity contribution in [2.75, 3.05) is 25.8 Å². The van der Waals surface area contributed by atoms with Crippen LogP contribution >= 0.6 is 0 Å². The van der Waals surface area contributed by atoms with Gasteiger partial charge >= 0.3 is 5.97 Å². The fraction of sp³-hybridized carbons (Fsp3) is 0.0909. The molecule has 2 amide bonds.